The van der Waals surface area contributed by atoms with Gasteiger partial charge < -0.3 is 0 Å². The van der Waals surface area contributed by atoms with Crippen molar-refractivity contribution >= 4 is 19.3 Å². The fraction of sp³-hybridized carbons (Fsp3) is 1.00. The van der Waals surface area contributed by atoms with Gasteiger partial charge in [0.05, 0.1) is 0 Å². The number of hydrogen-bond donors (Lipinski definition) is 0. The second-order valence-corrected chi connectivity index (χ2v) is 7.03. The first-order valence-corrected chi connectivity index (χ1v) is 9.02. The fourth-order valence-electron chi connectivity index (χ4n) is 1.22. The Kier molecular flexibility index (Phi) is 12.4. The van der Waals surface area contributed by atoms with Crippen LogP contribution in [0.5, 0.6) is 0 Å². The molecule has 0 radical (unpaired) electrons. The monoisotopic (exact) mass is 236 g/mol. The van der Waals surface area contributed by atoms with E-state index in [0.717, 1.165) is 0 Å². The highest BCUT2D eigenvalue weighted by molar-refractivity contribution is 8.48. The lowest BCUT2D eigenvalue weighted by Gasteiger charge is -2.14. The standard InChI is InChI=1S/C11H26NPS/c1-4-7-9-12(10-8-5-2)13-14-11-6-3/h13H,4-11H2,1-3H3/p+1. The fourth-order valence-corrected chi connectivity index (χ4v) is 4.63. The highest BCUT2D eigenvalue weighted by atomic mass is 32.7. The van der Waals surface area contributed by atoms with Crippen molar-refractivity contribution in [3.63, 3.8) is 0 Å². The Bertz CT molecular complexity index is 103. The number of nitrogens with zero attached hydrogens (tertiary/aromatic N) is 1. The van der Waals surface area contributed by atoms with Crippen molar-refractivity contribution < 1.29 is 0 Å². The molecule has 0 fully saturated rings. The second kappa shape index (κ2) is 11.8. The van der Waals surface area contributed by atoms with Crippen LogP contribution in [0, 0.1) is 0 Å². The topological polar surface area (TPSA) is 3.24 Å². The van der Waals surface area contributed by atoms with Crippen molar-refractivity contribution in [2.75, 3.05) is 18.8 Å². The Morgan fingerprint density at radius 2 is 1.50 bits per heavy atom. The van der Waals surface area contributed by atoms with Gasteiger partial charge in [-0.1, -0.05) is 33.6 Å². The molecular formula is C11H27NPS+. The van der Waals surface area contributed by atoms with Crippen LogP contribution in [-0.4, -0.2) is 23.5 Å². The molecule has 0 aliphatic carbocycles. The molecular weight excluding hydrogens is 209 g/mol. The van der Waals surface area contributed by atoms with Gasteiger partial charge in [0.15, 0.2) is 0 Å². The summed E-state index contributed by atoms with van der Waals surface area (Å²) in [6.45, 7) is 9.51. The summed E-state index contributed by atoms with van der Waals surface area (Å²) in [6.07, 6.45) is 6.75. The highest BCUT2D eigenvalue weighted by Crippen LogP contribution is 2.34. The zero-order chi connectivity index (χ0) is 10.6. The van der Waals surface area contributed by atoms with E-state index in [0.29, 0.717) is 7.93 Å². The molecule has 0 aromatic rings. The van der Waals surface area contributed by atoms with Crippen LogP contribution < -0.4 is 0 Å². The van der Waals surface area contributed by atoms with Crippen molar-refractivity contribution in [2.24, 2.45) is 0 Å². The molecule has 1 nitrogen and oxygen atoms in total. The Morgan fingerprint density at radius 1 is 0.929 bits per heavy atom. The van der Waals surface area contributed by atoms with Gasteiger partial charge in [-0.25, -0.2) is 0 Å². The minimum Gasteiger partial charge on any atom is -0.174 e. The lowest BCUT2D eigenvalue weighted by atomic mass is 10.3. The number of rotatable bonds is 10. The van der Waals surface area contributed by atoms with Crippen molar-refractivity contribution in [1.82, 2.24) is 4.67 Å². The summed E-state index contributed by atoms with van der Waals surface area (Å²) in [5.74, 6) is 1.35. The van der Waals surface area contributed by atoms with E-state index in [-0.39, 0.29) is 0 Å². The van der Waals surface area contributed by atoms with Gasteiger partial charge in [0.1, 0.15) is 7.93 Å². The summed E-state index contributed by atoms with van der Waals surface area (Å²) in [5, 5.41) is 0. The van der Waals surface area contributed by atoms with Gasteiger partial charge >= 0.3 is 0 Å². The van der Waals surface area contributed by atoms with Crippen LogP contribution in [0.15, 0.2) is 0 Å². The molecule has 1 unspecified atom stereocenters. The first-order chi connectivity index (χ1) is 6.85. The highest BCUT2D eigenvalue weighted by Gasteiger charge is 2.09. The van der Waals surface area contributed by atoms with Crippen LogP contribution in [0.25, 0.3) is 0 Å². The molecule has 0 saturated heterocycles. The predicted molar refractivity (Wildman–Crippen MR) is 73.8 cm³/mol. The lowest BCUT2D eigenvalue weighted by molar-refractivity contribution is 0.441. The number of hydrogen-bond acceptors (Lipinski definition) is 2. The average Bonchev–Trinajstić information content (AvgIpc) is 2.21. The third kappa shape index (κ3) is 9.30. The molecule has 0 N–H and O–H groups in total. The maximum absolute atomic E-state index is 2.70. The van der Waals surface area contributed by atoms with Crippen LogP contribution in [0.2, 0.25) is 0 Å². The van der Waals surface area contributed by atoms with Crippen molar-refractivity contribution in [1.29, 1.82) is 0 Å². The summed E-state index contributed by atoms with van der Waals surface area (Å²) >= 11 is 2.17. The SMILES string of the molecule is CCCCN(CCCC)[PH2+]SCCC. The molecule has 0 heterocycles. The molecule has 0 aliphatic rings. The van der Waals surface area contributed by atoms with E-state index in [1.807, 2.05) is 0 Å². The van der Waals surface area contributed by atoms with Gasteiger partial charge in [-0.05, 0) is 19.3 Å². The molecule has 0 aromatic carbocycles. The number of unbranched alkanes of at least 4 members (excludes halogenated alkanes) is 2. The maximum atomic E-state index is 2.70. The Labute approximate surface area is 96.0 Å². The van der Waals surface area contributed by atoms with E-state index in [1.165, 1.54) is 50.9 Å². The van der Waals surface area contributed by atoms with E-state index in [1.54, 1.807) is 0 Å². The average molecular weight is 236 g/mol. The van der Waals surface area contributed by atoms with Gasteiger partial charge in [-0.3, -0.25) is 0 Å². The minimum atomic E-state index is 0.512. The molecule has 0 saturated carbocycles. The third-order valence-electron chi connectivity index (χ3n) is 2.14. The third-order valence-corrected chi connectivity index (χ3v) is 5.80. The molecule has 3 heteroatoms. The van der Waals surface area contributed by atoms with Gasteiger partial charge in [0.2, 0.25) is 0 Å². The molecule has 0 bridgehead atoms. The molecule has 86 valence electrons. The zero-order valence-corrected chi connectivity index (χ0v) is 12.1. The smallest absolute Gasteiger partial charge is 0.116 e. The normalized spacial score (nSPS) is 12.0. The van der Waals surface area contributed by atoms with Crippen molar-refractivity contribution in [3.8, 4) is 0 Å². The van der Waals surface area contributed by atoms with Gasteiger partial charge in [0, 0.05) is 30.2 Å². The summed E-state index contributed by atoms with van der Waals surface area (Å²) in [7, 11) is 0.512. The Hall–Kier alpha value is 0.740. The van der Waals surface area contributed by atoms with Crippen LogP contribution in [-0.2, 0) is 0 Å². The van der Waals surface area contributed by atoms with Crippen LogP contribution in [0.3, 0.4) is 0 Å². The van der Waals surface area contributed by atoms with E-state index in [2.05, 4.69) is 36.8 Å². The van der Waals surface area contributed by atoms with Gasteiger partial charge in [-0.2, -0.15) is 4.67 Å². The van der Waals surface area contributed by atoms with E-state index in [4.69, 9.17) is 0 Å². The molecule has 0 amide bonds. The first kappa shape index (κ1) is 14.7. The van der Waals surface area contributed by atoms with E-state index < -0.39 is 0 Å². The van der Waals surface area contributed by atoms with E-state index >= 15 is 0 Å². The first-order valence-electron chi connectivity index (χ1n) is 6.04. The van der Waals surface area contributed by atoms with Crippen LogP contribution >= 0.6 is 19.3 Å². The summed E-state index contributed by atoms with van der Waals surface area (Å²) in [6, 6.07) is 0. The molecule has 0 aliphatic heterocycles. The van der Waals surface area contributed by atoms with Gasteiger partial charge in [-0.15, -0.1) is 0 Å². The Morgan fingerprint density at radius 3 is 1.93 bits per heavy atom. The molecule has 1 atom stereocenters. The van der Waals surface area contributed by atoms with E-state index in [9.17, 15) is 0 Å². The van der Waals surface area contributed by atoms with Gasteiger partial charge in [0.25, 0.3) is 0 Å². The molecule has 14 heavy (non-hydrogen) atoms. The zero-order valence-electron chi connectivity index (χ0n) is 10.1. The lowest BCUT2D eigenvalue weighted by Crippen LogP contribution is -2.15. The summed E-state index contributed by atoms with van der Waals surface area (Å²) in [4.78, 5) is 0. The minimum absolute atomic E-state index is 0.512. The molecule has 0 rings (SSSR count). The Balaban J connectivity index is 3.49. The van der Waals surface area contributed by atoms with Crippen LogP contribution in [0.4, 0.5) is 0 Å². The predicted octanol–water partition coefficient (Wildman–Crippen LogP) is 4.27. The van der Waals surface area contributed by atoms with Crippen molar-refractivity contribution in [3.05, 3.63) is 0 Å². The molecule has 0 aromatic heterocycles. The van der Waals surface area contributed by atoms with Crippen molar-refractivity contribution in [2.45, 2.75) is 52.9 Å². The summed E-state index contributed by atoms with van der Waals surface area (Å²) < 4.78 is 2.70. The second-order valence-electron chi connectivity index (χ2n) is 3.72. The largest absolute Gasteiger partial charge is 0.174 e. The quantitative estimate of drug-likeness (QED) is 0.411. The summed E-state index contributed by atoms with van der Waals surface area (Å²) in [5.41, 5.74) is 0. The van der Waals surface area contributed by atoms with Crippen LogP contribution in [0.1, 0.15) is 52.9 Å². The molecule has 0 spiro atoms. The maximum Gasteiger partial charge on any atom is 0.116 e.